The lowest BCUT2D eigenvalue weighted by atomic mass is 9.85. The molecule has 1 aliphatic heterocycles. The summed E-state index contributed by atoms with van der Waals surface area (Å²) in [5, 5.41) is 6.69. The normalized spacial score (nSPS) is 30.0. The number of amides is 2. The monoisotopic (exact) mass is 422 g/mol. The van der Waals surface area contributed by atoms with E-state index < -0.39 is 0 Å². The predicted octanol–water partition coefficient (Wildman–Crippen LogP) is 1.70. The zero-order valence-electron chi connectivity index (χ0n) is 18.1. The summed E-state index contributed by atoms with van der Waals surface area (Å²) in [7, 11) is 3.41. The van der Waals surface area contributed by atoms with Gasteiger partial charge < -0.3 is 15.4 Å². The van der Waals surface area contributed by atoms with Crippen molar-refractivity contribution in [1.82, 2.24) is 15.5 Å². The molecule has 164 valence electrons. The number of imide groups is 1. The maximum Gasteiger partial charge on any atom is 0.233 e. The van der Waals surface area contributed by atoms with Crippen LogP contribution in [0.5, 0.6) is 5.75 Å². The standard InChI is InChI=1S/C24H30N4O3/c1-25-23(27-14-24(9-10-24)17-5-7-18(31-2)8-6-17)26-11-12-28-21(29)19-15-3-4-16(13-15)20(19)22(28)30/h3-8,15-16,19-20H,9-14H2,1-2H3,(H2,25,26,27). The Morgan fingerprint density at radius 3 is 2.29 bits per heavy atom. The third-order valence-electron chi connectivity index (χ3n) is 7.56. The van der Waals surface area contributed by atoms with Crippen LogP contribution in [0.1, 0.15) is 24.8 Å². The van der Waals surface area contributed by atoms with Gasteiger partial charge in [0.2, 0.25) is 11.8 Å². The van der Waals surface area contributed by atoms with Crippen molar-refractivity contribution in [1.29, 1.82) is 0 Å². The fourth-order valence-corrected chi connectivity index (χ4v) is 5.61. The van der Waals surface area contributed by atoms with Gasteiger partial charge in [0, 0.05) is 32.1 Å². The number of benzene rings is 1. The molecule has 4 unspecified atom stereocenters. The minimum absolute atomic E-state index is 0.00744. The highest BCUT2D eigenvalue weighted by Gasteiger charge is 2.58. The maximum atomic E-state index is 12.8. The van der Waals surface area contributed by atoms with E-state index in [0.717, 1.165) is 31.6 Å². The molecule has 1 aromatic carbocycles. The van der Waals surface area contributed by atoms with E-state index in [-0.39, 0.29) is 40.9 Å². The average molecular weight is 423 g/mol. The molecule has 0 aromatic heterocycles. The first-order valence-corrected chi connectivity index (χ1v) is 11.2. The number of carbonyl (C=O) groups is 2. The largest absolute Gasteiger partial charge is 0.497 e. The summed E-state index contributed by atoms with van der Waals surface area (Å²) in [5.74, 6) is 1.84. The highest BCUT2D eigenvalue weighted by molar-refractivity contribution is 6.06. The number of aliphatic imine (C=N–C) groups is 1. The molecular formula is C24H30N4O3. The number of allylic oxidation sites excluding steroid dienone is 2. The summed E-state index contributed by atoms with van der Waals surface area (Å²) in [6.45, 7) is 1.67. The fourth-order valence-electron chi connectivity index (χ4n) is 5.61. The van der Waals surface area contributed by atoms with Crippen LogP contribution >= 0.6 is 0 Å². The number of nitrogens with one attached hydrogen (secondary N) is 2. The fraction of sp³-hybridized carbons (Fsp3) is 0.542. The van der Waals surface area contributed by atoms with E-state index in [9.17, 15) is 9.59 Å². The van der Waals surface area contributed by atoms with Crippen molar-refractivity contribution in [2.45, 2.75) is 24.7 Å². The minimum atomic E-state index is -0.126. The Morgan fingerprint density at radius 2 is 1.74 bits per heavy atom. The number of methoxy groups -OCH3 is 1. The molecule has 1 heterocycles. The van der Waals surface area contributed by atoms with Crippen LogP contribution in [-0.4, -0.2) is 56.5 Å². The quantitative estimate of drug-likeness (QED) is 0.303. The zero-order chi connectivity index (χ0) is 21.6. The van der Waals surface area contributed by atoms with E-state index in [2.05, 4.69) is 39.9 Å². The number of ether oxygens (including phenoxy) is 1. The van der Waals surface area contributed by atoms with Gasteiger partial charge in [-0.3, -0.25) is 19.5 Å². The van der Waals surface area contributed by atoms with Crippen molar-refractivity contribution >= 4 is 17.8 Å². The first kappa shape index (κ1) is 20.1. The van der Waals surface area contributed by atoms with Gasteiger partial charge in [-0.1, -0.05) is 24.3 Å². The molecule has 4 atom stereocenters. The molecule has 4 aliphatic rings. The maximum absolute atomic E-state index is 12.8. The summed E-state index contributed by atoms with van der Waals surface area (Å²) in [4.78, 5) is 31.3. The summed E-state index contributed by atoms with van der Waals surface area (Å²) < 4.78 is 5.26. The zero-order valence-corrected chi connectivity index (χ0v) is 18.1. The predicted molar refractivity (Wildman–Crippen MR) is 118 cm³/mol. The summed E-state index contributed by atoms with van der Waals surface area (Å²) >= 11 is 0. The lowest BCUT2D eigenvalue weighted by Crippen LogP contribution is -2.45. The van der Waals surface area contributed by atoms with Crippen LogP contribution in [0, 0.1) is 23.7 Å². The van der Waals surface area contributed by atoms with Crippen LogP contribution < -0.4 is 15.4 Å². The Hall–Kier alpha value is -2.83. The molecule has 0 spiro atoms. The van der Waals surface area contributed by atoms with Crippen LogP contribution in [0.25, 0.3) is 0 Å². The first-order chi connectivity index (χ1) is 15.1. The van der Waals surface area contributed by atoms with Crippen molar-refractivity contribution in [3.05, 3.63) is 42.0 Å². The molecule has 1 saturated heterocycles. The lowest BCUT2D eigenvalue weighted by molar-refractivity contribution is -0.140. The number of fused-ring (bicyclic) bond motifs is 5. The Kier molecular flexibility index (Phi) is 4.99. The van der Waals surface area contributed by atoms with Gasteiger partial charge in [-0.15, -0.1) is 0 Å². The van der Waals surface area contributed by atoms with Crippen LogP contribution in [0.15, 0.2) is 41.4 Å². The lowest BCUT2D eigenvalue weighted by Gasteiger charge is -2.21. The second-order valence-corrected chi connectivity index (χ2v) is 9.19. The number of nitrogens with zero attached hydrogens (tertiary/aromatic N) is 2. The topological polar surface area (TPSA) is 83.0 Å². The Labute approximate surface area is 182 Å². The Bertz CT molecular complexity index is 905. The summed E-state index contributed by atoms with van der Waals surface area (Å²) in [6, 6.07) is 8.27. The van der Waals surface area contributed by atoms with Gasteiger partial charge in [0.05, 0.1) is 18.9 Å². The molecule has 0 radical (unpaired) electrons. The SMILES string of the molecule is CN=C(NCCN1C(=O)C2C3C=CC(C3)C2C1=O)NCC1(c2ccc(OC)cc2)CC1. The van der Waals surface area contributed by atoms with Crippen LogP contribution in [0.3, 0.4) is 0 Å². The molecule has 7 heteroatoms. The van der Waals surface area contributed by atoms with E-state index >= 15 is 0 Å². The van der Waals surface area contributed by atoms with Gasteiger partial charge in [-0.2, -0.15) is 0 Å². The van der Waals surface area contributed by atoms with Crippen LogP contribution in [0.2, 0.25) is 0 Å². The van der Waals surface area contributed by atoms with Gasteiger partial charge in [-0.25, -0.2) is 0 Å². The van der Waals surface area contributed by atoms with Gasteiger partial charge in [-0.05, 0) is 48.8 Å². The third kappa shape index (κ3) is 3.40. The molecular weight excluding hydrogens is 392 g/mol. The van der Waals surface area contributed by atoms with E-state index in [4.69, 9.17) is 4.74 Å². The smallest absolute Gasteiger partial charge is 0.233 e. The van der Waals surface area contributed by atoms with Gasteiger partial charge in [0.1, 0.15) is 5.75 Å². The second kappa shape index (κ2) is 7.70. The van der Waals surface area contributed by atoms with E-state index in [0.29, 0.717) is 19.0 Å². The van der Waals surface area contributed by atoms with Gasteiger partial charge in [0.25, 0.3) is 0 Å². The van der Waals surface area contributed by atoms with Crippen molar-refractivity contribution in [2.24, 2.45) is 28.7 Å². The van der Waals surface area contributed by atoms with Crippen LogP contribution in [-0.2, 0) is 15.0 Å². The Morgan fingerprint density at radius 1 is 1.10 bits per heavy atom. The second-order valence-electron chi connectivity index (χ2n) is 9.19. The number of hydrogen-bond acceptors (Lipinski definition) is 4. The van der Waals surface area contributed by atoms with E-state index in [1.807, 2.05) is 12.1 Å². The highest BCUT2D eigenvalue weighted by atomic mass is 16.5. The van der Waals surface area contributed by atoms with Crippen molar-refractivity contribution in [3.8, 4) is 5.75 Å². The molecule has 2 saturated carbocycles. The molecule has 3 aliphatic carbocycles. The van der Waals surface area contributed by atoms with Crippen molar-refractivity contribution in [3.63, 3.8) is 0 Å². The first-order valence-electron chi connectivity index (χ1n) is 11.2. The van der Waals surface area contributed by atoms with Gasteiger partial charge in [0.15, 0.2) is 5.96 Å². The Balaban J connectivity index is 1.12. The molecule has 7 nitrogen and oxygen atoms in total. The van der Waals surface area contributed by atoms with E-state index in [1.165, 1.54) is 10.5 Å². The van der Waals surface area contributed by atoms with Crippen molar-refractivity contribution < 1.29 is 14.3 Å². The summed E-state index contributed by atoms with van der Waals surface area (Å²) in [6.07, 6.45) is 7.49. The minimum Gasteiger partial charge on any atom is -0.497 e. The van der Waals surface area contributed by atoms with E-state index in [1.54, 1.807) is 14.2 Å². The number of guanidine groups is 1. The molecule has 2 amide bonds. The van der Waals surface area contributed by atoms with Gasteiger partial charge >= 0.3 is 0 Å². The molecule has 5 rings (SSSR count). The number of likely N-dealkylation sites (tertiary alicyclic amines) is 1. The molecule has 2 bridgehead atoms. The number of carbonyl (C=O) groups excluding carboxylic acids is 2. The number of rotatable bonds is 7. The number of hydrogen-bond donors (Lipinski definition) is 2. The molecule has 2 N–H and O–H groups in total. The molecule has 3 fully saturated rings. The van der Waals surface area contributed by atoms with Crippen LogP contribution in [0.4, 0.5) is 0 Å². The van der Waals surface area contributed by atoms with Crippen molar-refractivity contribution in [2.75, 3.05) is 33.8 Å². The molecule has 31 heavy (non-hydrogen) atoms. The molecule has 1 aromatic rings. The highest BCUT2D eigenvalue weighted by Crippen LogP contribution is 2.52. The third-order valence-corrected chi connectivity index (χ3v) is 7.56. The average Bonchev–Trinajstić information content (AvgIpc) is 3.18. The summed E-state index contributed by atoms with van der Waals surface area (Å²) in [5.41, 5.74) is 1.44.